The first-order chi connectivity index (χ1) is 12.7. The molecular formula is C18H22N4O3S. The highest BCUT2D eigenvalue weighted by Gasteiger charge is 2.28. The van der Waals surface area contributed by atoms with Crippen molar-refractivity contribution < 1.29 is 14.3 Å². The van der Waals surface area contributed by atoms with Crippen molar-refractivity contribution in [3.63, 3.8) is 0 Å². The van der Waals surface area contributed by atoms with Crippen LogP contribution >= 0.6 is 11.3 Å². The van der Waals surface area contributed by atoms with E-state index < -0.39 is 0 Å². The van der Waals surface area contributed by atoms with Gasteiger partial charge in [0.1, 0.15) is 0 Å². The molecule has 0 radical (unpaired) electrons. The number of aromatic nitrogens is 2. The molecule has 2 aromatic heterocycles. The van der Waals surface area contributed by atoms with E-state index in [1.165, 1.54) is 0 Å². The van der Waals surface area contributed by atoms with Gasteiger partial charge in [-0.1, -0.05) is 6.07 Å². The lowest BCUT2D eigenvalue weighted by atomic mass is 10.0. The highest BCUT2D eigenvalue weighted by molar-refractivity contribution is 7.10. The van der Waals surface area contributed by atoms with Crippen LogP contribution in [0.25, 0.3) is 0 Å². The van der Waals surface area contributed by atoms with Crippen molar-refractivity contribution in [2.24, 2.45) is 0 Å². The minimum absolute atomic E-state index is 0.0880. The first-order valence-corrected chi connectivity index (χ1v) is 9.84. The summed E-state index contributed by atoms with van der Waals surface area (Å²) in [4.78, 5) is 28.0. The van der Waals surface area contributed by atoms with Crippen LogP contribution in [0.5, 0.6) is 0 Å². The summed E-state index contributed by atoms with van der Waals surface area (Å²) in [5.74, 6) is -0.115. The number of rotatable bonds is 5. The molecule has 1 saturated heterocycles. The number of ether oxygens (including phenoxy) is 1. The molecule has 2 amide bonds. The van der Waals surface area contributed by atoms with Crippen molar-refractivity contribution in [1.29, 1.82) is 0 Å². The summed E-state index contributed by atoms with van der Waals surface area (Å²) in [6.07, 6.45) is 3.21. The molecule has 4 heterocycles. The van der Waals surface area contributed by atoms with Crippen LogP contribution in [-0.4, -0.2) is 52.7 Å². The Morgan fingerprint density at radius 1 is 1.46 bits per heavy atom. The molecule has 2 aliphatic rings. The lowest BCUT2D eigenvalue weighted by molar-refractivity contribution is -0.131. The van der Waals surface area contributed by atoms with Gasteiger partial charge in [-0.25, -0.2) is 0 Å². The summed E-state index contributed by atoms with van der Waals surface area (Å²) >= 11 is 1.59. The van der Waals surface area contributed by atoms with Gasteiger partial charge in [0, 0.05) is 48.8 Å². The summed E-state index contributed by atoms with van der Waals surface area (Å²) in [5, 5.41) is 12.0. The van der Waals surface area contributed by atoms with Crippen LogP contribution in [0.15, 0.2) is 17.5 Å². The Hall–Kier alpha value is -2.19. The zero-order chi connectivity index (χ0) is 17.9. The Morgan fingerprint density at radius 2 is 2.38 bits per heavy atom. The molecule has 1 fully saturated rings. The Kier molecular flexibility index (Phi) is 5.03. The Bertz CT molecular complexity index is 780. The minimum Gasteiger partial charge on any atom is -0.376 e. The van der Waals surface area contributed by atoms with Crippen LogP contribution in [-0.2, 0) is 28.9 Å². The molecule has 2 aromatic rings. The number of thiophene rings is 1. The number of hydrogen-bond donors (Lipinski definition) is 2. The van der Waals surface area contributed by atoms with Gasteiger partial charge in [-0.2, -0.15) is 5.10 Å². The van der Waals surface area contributed by atoms with Gasteiger partial charge < -0.3 is 15.0 Å². The monoisotopic (exact) mass is 374 g/mol. The highest BCUT2D eigenvalue weighted by Crippen LogP contribution is 2.22. The third-order valence-corrected chi connectivity index (χ3v) is 5.80. The van der Waals surface area contributed by atoms with Gasteiger partial charge in [0.25, 0.3) is 5.91 Å². The smallest absolute Gasteiger partial charge is 0.272 e. The number of H-pyrrole nitrogens is 1. The number of hydrogen-bond acceptors (Lipinski definition) is 5. The average molecular weight is 374 g/mol. The number of fused-ring (bicyclic) bond motifs is 1. The fourth-order valence-corrected chi connectivity index (χ4v) is 4.16. The fourth-order valence-electron chi connectivity index (χ4n) is 3.47. The molecule has 1 atom stereocenters. The van der Waals surface area contributed by atoms with Crippen molar-refractivity contribution in [3.8, 4) is 0 Å². The third-order valence-electron chi connectivity index (χ3n) is 4.92. The standard InChI is InChI=1S/C18H22N4O3S/c23-16(9-13-4-2-8-26-13)22-6-5-15-14(11-22)17(21-20-15)18(24)19-10-12-3-1-7-25-12/h2,4,8,12H,1,3,5-7,9-11H2,(H,19,24)(H,20,21). The van der Waals surface area contributed by atoms with Crippen LogP contribution < -0.4 is 5.32 Å². The topological polar surface area (TPSA) is 87.3 Å². The Morgan fingerprint density at radius 3 is 3.15 bits per heavy atom. The molecule has 7 nitrogen and oxygen atoms in total. The molecule has 8 heteroatoms. The average Bonchev–Trinajstić information content (AvgIpc) is 3.40. The summed E-state index contributed by atoms with van der Waals surface area (Å²) in [6.45, 7) is 2.34. The molecule has 0 saturated carbocycles. The zero-order valence-electron chi connectivity index (χ0n) is 14.5. The molecule has 26 heavy (non-hydrogen) atoms. The van der Waals surface area contributed by atoms with Crippen LogP contribution in [0.2, 0.25) is 0 Å². The number of aromatic amines is 1. The molecule has 0 bridgehead atoms. The van der Waals surface area contributed by atoms with Gasteiger partial charge in [-0.05, 0) is 24.3 Å². The van der Waals surface area contributed by atoms with E-state index in [4.69, 9.17) is 4.74 Å². The van der Waals surface area contributed by atoms with Crippen LogP contribution in [0.3, 0.4) is 0 Å². The molecule has 2 aliphatic heterocycles. The Labute approximate surface area is 155 Å². The lowest BCUT2D eigenvalue weighted by Gasteiger charge is -2.27. The van der Waals surface area contributed by atoms with Crippen molar-refractivity contribution in [3.05, 3.63) is 39.3 Å². The van der Waals surface area contributed by atoms with E-state index in [-0.39, 0.29) is 17.9 Å². The third kappa shape index (κ3) is 3.66. The van der Waals surface area contributed by atoms with Crippen LogP contribution in [0.4, 0.5) is 0 Å². The van der Waals surface area contributed by atoms with E-state index >= 15 is 0 Å². The van der Waals surface area contributed by atoms with E-state index in [2.05, 4.69) is 15.5 Å². The van der Waals surface area contributed by atoms with Crippen molar-refractivity contribution in [2.75, 3.05) is 19.7 Å². The van der Waals surface area contributed by atoms with E-state index in [0.29, 0.717) is 38.2 Å². The summed E-state index contributed by atoms with van der Waals surface area (Å²) in [6, 6.07) is 3.92. The molecule has 4 rings (SSSR count). The number of nitrogens with zero attached hydrogens (tertiary/aromatic N) is 2. The number of amides is 2. The SMILES string of the molecule is O=C(NCC1CCCO1)c1n[nH]c2c1CN(C(=O)Cc1cccs1)CC2. The quantitative estimate of drug-likeness (QED) is 0.830. The Balaban J connectivity index is 1.40. The van der Waals surface area contributed by atoms with Crippen LogP contribution in [0, 0.1) is 0 Å². The summed E-state index contributed by atoms with van der Waals surface area (Å²) in [5.41, 5.74) is 2.18. The molecule has 0 spiro atoms. The number of carbonyl (C=O) groups is 2. The summed E-state index contributed by atoms with van der Waals surface area (Å²) in [7, 11) is 0. The molecular weight excluding hydrogens is 352 g/mol. The predicted octanol–water partition coefficient (Wildman–Crippen LogP) is 1.51. The maximum absolute atomic E-state index is 12.6. The van der Waals surface area contributed by atoms with Crippen LogP contribution in [0.1, 0.15) is 39.5 Å². The largest absolute Gasteiger partial charge is 0.376 e. The van der Waals surface area contributed by atoms with Gasteiger partial charge in [-0.3, -0.25) is 14.7 Å². The lowest BCUT2D eigenvalue weighted by Crippen LogP contribution is -2.38. The summed E-state index contributed by atoms with van der Waals surface area (Å²) < 4.78 is 5.54. The van der Waals surface area contributed by atoms with Crippen molar-refractivity contribution >= 4 is 23.2 Å². The normalized spacial score (nSPS) is 19.4. The van der Waals surface area contributed by atoms with Gasteiger partial charge in [0.05, 0.1) is 12.5 Å². The van der Waals surface area contributed by atoms with Gasteiger partial charge in [0.2, 0.25) is 5.91 Å². The minimum atomic E-state index is -0.203. The second-order valence-corrected chi connectivity index (χ2v) is 7.73. The first-order valence-electron chi connectivity index (χ1n) is 8.97. The second kappa shape index (κ2) is 7.59. The number of carbonyl (C=O) groups excluding carboxylic acids is 2. The molecule has 138 valence electrons. The van der Waals surface area contributed by atoms with Gasteiger partial charge in [0.15, 0.2) is 5.69 Å². The molecule has 0 aliphatic carbocycles. The second-order valence-electron chi connectivity index (χ2n) is 6.70. The zero-order valence-corrected chi connectivity index (χ0v) is 15.3. The van der Waals surface area contributed by atoms with E-state index in [0.717, 1.165) is 35.6 Å². The van der Waals surface area contributed by atoms with E-state index in [1.54, 1.807) is 11.3 Å². The fraction of sp³-hybridized carbons (Fsp3) is 0.500. The van der Waals surface area contributed by atoms with Crippen molar-refractivity contribution in [1.82, 2.24) is 20.4 Å². The maximum atomic E-state index is 12.6. The van der Waals surface area contributed by atoms with E-state index in [9.17, 15) is 9.59 Å². The predicted molar refractivity (Wildman–Crippen MR) is 97.0 cm³/mol. The van der Waals surface area contributed by atoms with Crippen molar-refractivity contribution in [2.45, 2.75) is 38.3 Å². The molecule has 0 aromatic carbocycles. The molecule has 1 unspecified atom stereocenters. The van der Waals surface area contributed by atoms with Gasteiger partial charge in [-0.15, -0.1) is 11.3 Å². The maximum Gasteiger partial charge on any atom is 0.272 e. The highest BCUT2D eigenvalue weighted by atomic mass is 32.1. The van der Waals surface area contributed by atoms with Gasteiger partial charge >= 0.3 is 0 Å². The van der Waals surface area contributed by atoms with E-state index in [1.807, 2.05) is 22.4 Å². The first kappa shape index (κ1) is 17.2. The molecule has 2 N–H and O–H groups in total. The number of nitrogens with one attached hydrogen (secondary N) is 2.